The van der Waals surface area contributed by atoms with Gasteiger partial charge in [0.2, 0.25) is 5.91 Å². The molecule has 0 aromatic rings. The molecule has 15 heavy (non-hydrogen) atoms. The van der Waals surface area contributed by atoms with E-state index in [1.165, 1.54) is 12.8 Å². The van der Waals surface area contributed by atoms with Crippen molar-refractivity contribution < 1.29 is 4.79 Å². The van der Waals surface area contributed by atoms with Crippen LogP contribution in [-0.4, -0.2) is 24.5 Å². The van der Waals surface area contributed by atoms with Crippen molar-refractivity contribution in [1.29, 1.82) is 0 Å². The average Bonchev–Trinajstić information content (AvgIpc) is 2.23. The Labute approximate surface area is 94.0 Å². The summed E-state index contributed by atoms with van der Waals surface area (Å²) in [6.45, 7) is 9.10. The molecule has 0 aliphatic carbocycles. The van der Waals surface area contributed by atoms with Crippen molar-refractivity contribution in [2.45, 2.75) is 65.5 Å². The SMILES string of the molecule is CCCCCNC(=O)C(C)NC(C)CC. The van der Waals surface area contributed by atoms with Crippen molar-refractivity contribution in [3.63, 3.8) is 0 Å². The molecular formula is C12H26N2O. The predicted octanol–water partition coefficient (Wildman–Crippen LogP) is 2.07. The Morgan fingerprint density at radius 2 is 1.87 bits per heavy atom. The van der Waals surface area contributed by atoms with Crippen LogP contribution in [0.15, 0.2) is 0 Å². The van der Waals surface area contributed by atoms with Gasteiger partial charge in [-0.05, 0) is 26.7 Å². The normalized spacial score (nSPS) is 14.7. The molecule has 0 saturated carbocycles. The highest BCUT2D eigenvalue weighted by Gasteiger charge is 2.13. The van der Waals surface area contributed by atoms with Gasteiger partial charge in [-0.1, -0.05) is 26.7 Å². The molecule has 90 valence electrons. The molecule has 0 heterocycles. The van der Waals surface area contributed by atoms with E-state index in [0.29, 0.717) is 6.04 Å². The molecule has 0 radical (unpaired) electrons. The minimum atomic E-state index is -0.0819. The van der Waals surface area contributed by atoms with Crippen molar-refractivity contribution in [1.82, 2.24) is 10.6 Å². The van der Waals surface area contributed by atoms with Gasteiger partial charge in [0, 0.05) is 12.6 Å². The molecule has 2 unspecified atom stereocenters. The van der Waals surface area contributed by atoms with E-state index in [-0.39, 0.29) is 11.9 Å². The second-order valence-corrected chi connectivity index (χ2v) is 4.20. The highest BCUT2D eigenvalue weighted by atomic mass is 16.2. The number of amides is 1. The molecule has 0 aromatic heterocycles. The van der Waals surface area contributed by atoms with Gasteiger partial charge in [0.15, 0.2) is 0 Å². The van der Waals surface area contributed by atoms with E-state index in [0.717, 1.165) is 19.4 Å². The van der Waals surface area contributed by atoms with E-state index in [4.69, 9.17) is 0 Å². The molecule has 0 spiro atoms. The highest BCUT2D eigenvalue weighted by molar-refractivity contribution is 5.81. The van der Waals surface area contributed by atoms with Gasteiger partial charge in [-0.3, -0.25) is 4.79 Å². The monoisotopic (exact) mass is 214 g/mol. The lowest BCUT2D eigenvalue weighted by atomic mass is 10.2. The molecule has 0 rings (SSSR count). The van der Waals surface area contributed by atoms with Crippen LogP contribution in [-0.2, 0) is 4.79 Å². The van der Waals surface area contributed by atoms with Crippen molar-refractivity contribution in [3.05, 3.63) is 0 Å². The van der Waals surface area contributed by atoms with Gasteiger partial charge < -0.3 is 10.6 Å². The summed E-state index contributed by atoms with van der Waals surface area (Å²) in [6, 6.07) is 0.322. The molecule has 0 saturated heterocycles. The molecule has 1 amide bonds. The first-order valence-corrected chi connectivity index (χ1v) is 6.15. The summed E-state index contributed by atoms with van der Waals surface area (Å²) in [5.74, 6) is 0.117. The second-order valence-electron chi connectivity index (χ2n) is 4.20. The maximum atomic E-state index is 11.6. The van der Waals surface area contributed by atoms with E-state index in [2.05, 4.69) is 31.4 Å². The summed E-state index contributed by atoms with van der Waals surface area (Å²) < 4.78 is 0. The summed E-state index contributed by atoms with van der Waals surface area (Å²) in [5, 5.41) is 6.20. The van der Waals surface area contributed by atoms with Gasteiger partial charge in [0.1, 0.15) is 0 Å². The van der Waals surface area contributed by atoms with Crippen LogP contribution >= 0.6 is 0 Å². The maximum absolute atomic E-state index is 11.6. The van der Waals surface area contributed by atoms with Crippen LogP contribution in [0.3, 0.4) is 0 Å². The van der Waals surface area contributed by atoms with Gasteiger partial charge in [-0.15, -0.1) is 0 Å². The Hall–Kier alpha value is -0.570. The van der Waals surface area contributed by atoms with E-state index < -0.39 is 0 Å². The maximum Gasteiger partial charge on any atom is 0.236 e. The lowest BCUT2D eigenvalue weighted by Gasteiger charge is -2.18. The second kappa shape index (κ2) is 8.72. The largest absolute Gasteiger partial charge is 0.355 e. The molecule has 2 atom stereocenters. The molecule has 3 nitrogen and oxygen atoms in total. The third kappa shape index (κ3) is 7.37. The summed E-state index contributed by atoms with van der Waals surface area (Å²) in [4.78, 5) is 11.6. The molecule has 3 heteroatoms. The first-order chi connectivity index (χ1) is 7.11. The smallest absolute Gasteiger partial charge is 0.236 e. The van der Waals surface area contributed by atoms with Crippen molar-refractivity contribution in [2.75, 3.05) is 6.54 Å². The molecule has 2 N–H and O–H groups in total. The fourth-order valence-corrected chi connectivity index (χ4v) is 1.36. The van der Waals surface area contributed by atoms with Gasteiger partial charge in [0.05, 0.1) is 6.04 Å². The summed E-state index contributed by atoms with van der Waals surface area (Å²) in [5.41, 5.74) is 0. The molecule has 0 fully saturated rings. The van der Waals surface area contributed by atoms with Crippen LogP contribution in [0.5, 0.6) is 0 Å². The number of carbonyl (C=O) groups excluding carboxylic acids is 1. The van der Waals surface area contributed by atoms with Crippen LogP contribution in [0.2, 0.25) is 0 Å². The zero-order valence-corrected chi connectivity index (χ0v) is 10.6. The Morgan fingerprint density at radius 1 is 1.20 bits per heavy atom. The van der Waals surface area contributed by atoms with Gasteiger partial charge in [0.25, 0.3) is 0 Å². The van der Waals surface area contributed by atoms with Crippen LogP contribution in [0.25, 0.3) is 0 Å². The van der Waals surface area contributed by atoms with E-state index >= 15 is 0 Å². The van der Waals surface area contributed by atoms with Crippen molar-refractivity contribution in [3.8, 4) is 0 Å². The van der Waals surface area contributed by atoms with E-state index in [9.17, 15) is 4.79 Å². The van der Waals surface area contributed by atoms with Crippen molar-refractivity contribution >= 4 is 5.91 Å². The van der Waals surface area contributed by atoms with Crippen molar-refractivity contribution in [2.24, 2.45) is 0 Å². The van der Waals surface area contributed by atoms with E-state index in [1.54, 1.807) is 0 Å². The fraction of sp³-hybridized carbons (Fsp3) is 0.917. The molecule has 0 aliphatic rings. The van der Waals surface area contributed by atoms with Gasteiger partial charge in [-0.2, -0.15) is 0 Å². The number of nitrogens with one attached hydrogen (secondary N) is 2. The lowest BCUT2D eigenvalue weighted by molar-refractivity contribution is -0.122. The molecule has 0 aromatic carbocycles. The fourth-order valence-electron chi connectivity index (χ4n) is 1.36. The molecule has 0 aliphatic heterocycles. The third-order valence-electron chi connectivity index (χ3n) is 2.62. The number of carbonyl (C=O) groups is 1. The summed E-state index contributed by atoms with van der Waals surface area (Å²) in [6.07, 6.45) is 4.51. The first kappa shape index (κ1) is 14.4. The quantitative estimate of drug-likeness (QED) is 0.607. The summed E-state index contributed by atoms with van der Waals surface area (Å²) in [7, 11) is 0. The van der Waals surface area contributed by atoms with Gasteiger partial charge >= 0.3 is 0 Å². The van der Waals surface area contributed by atoms with Crippen LogP contribution < -0.4 is 10.6 Å². The first-order valence-electron chi connectivity index (χ1n) is 6.15. The molecule has 0 bridgehead atoms. The van der Waals surface area contributed by atoms with Crippen LogP contribution in [0, 0.1) is 0 Å². The average molecular weight is 214 g/mol. The number of rotatable bonds is 8. The van der Waals surface area contributed by atoms with Crippen LogP contribution in [0.1, 0.15) is 53.4 Å². The number of unbranched alkanes of at least 4 members (excludes halogenated alkanes) is 2. The van der Waals surface area contributed by atoms with Gasteiger partial charge in [-0.25, -0.2) is 0 Å². The minimum Gasteiger partial charge on any atom is -0.355 e. The zero-order valence-electron chi connectivity index (χ0n) is 10.6. The molecular weight excluding hydrogens is 188 g/mol. The Balaban J connectivity index is 3.60. The number of hydrogen-bond donors (Lipinski definition) is 2. The lowest BCUT2D eigenvalue weighted by Crippen LogP contribution is -2.45. The Morgan fingerprint density at radius 3 is 2.40 bits per heavy atom. The third-order valence-corrected chi connectivity index (χ3v) is 2.62. The Bertz CT molecular complexity index is 171. The topological polar surface area (TPSA) is 41.1 Å². The minimum absolute atomic E-state index is 0.0819. The zero-order chi connectivity index (χ0) is 11.7. The Kier molecular flexibility index (Phi) is 8.38. The number of hydrogen-bond acceptors (Lipinski definition) is 2. The summed E-state index contributed by atoms with van der Waals surface area (Å²) >= 11 is 0. The predicted molar refractivity (Wildman–Crippen MR) is 64.9 cm³/mol. The standard InChI is InChI=1S/C12H26N2O/c1-5-7-8-9-13-12(15)11(4)14-10(3)6-2/h10-11,14H,5-9H2,1-4H3,(H,13,15). The van der Waals surface area contributed by atoms with Crippen LogP contribution in [0.4, 0.5) is 0 Å². The van der Waals surface area contributed by atoms with E-state index in [1.807, 2.05) is 6.92 Å². The highest BCUT2D eigenvalue weighted by Crippen LogP contribution is 1.94.